The number of halogens is 1. The van der Waals surface area contributed by atoms with Crippen LogP contribution in [0.15, 0.2) is 23.1 Å². The highest BCUT2D eigenvalue weighted by atomic mass is 32.2. The van der Waals surface area contributed by atoms with Gasteiger partial charge in [-0.25, -0.2) is 17.5 Å². The number of sulfonamides is 1. The van der Waals surface area contributed by atoms with Crippen molar-refractivity contribution in [2.24, 2.45) is 5.73 Å². The molecule has 0 aromatic heterocycles. The zero-order chi connectivity index (χ0) is 16.0. The van der Waals surface area contributed by atoms with Gasteiger partial charge in [-0.05, 0) is 18.6 Å². The molecule has 5 nitrogen and oxygen atoms in total. The zero-order valence-electron chi connectivity index (χ0n) is 11.9. The summed E-state index contributed by atoms with van der Waals surface area (Å²) in [5.41, 5.74) is 5.16. The molecule has 0 heterocycles. The van der Waals surface area contributed by atoms with Crippen LogP contribution in [0.5, 0.6) is 0 Å². The Kier molecular flexibility index (Phi) is 6.66. The molecule has 118 valence electrons. The minimum Gasteiger partial charge on any atom is -0.389 e. The van der Waals surface area contributed by atoms with Crippen molar-refractivity contribution >= 4 is 27.2 Å². The standard InChI is InChI=1S/C13H19FN2O3S2/c1-3-5-9(8-19-2)16-21(17,18)11-7-4-6-10(14)12(11)13(15)20/h4,6-7,9,16H,3,5,8H2,1-2H3,(H2,15,20). The Balaban J connectivity index is 3.19. The van der Waals surface area contributed by atoms with Gasteiger partial charge in [-0.15, -0.1) is 0 Å². The Morgan fingerprint density at radius 3 is 2.71 bits per heavy atom. The van der Waals surface area contributed by atoms with Gasteiger partial charge in [-0.1, -0.05) is 31.6 Å². The van der Waals surface area contributed by atoms with Crippen LogP contribution in [0, 0.1) is 5.82 Å². The lowest BCUT2D eigenvalue weighted by atomic mass is 10.2. The van der Waals surface area contributed by atoms with Crippen molar-refractivity contribution in [3.63, 3.8) is 0 Å². The van der Waals surface area contributed by atoms with E-state index in [9.17, 15) is 12.8 Å². The van der Waals surface area contributed by atoms with Gasteiger partial charge < -0.3 is 10.5 Å². The molecule has 0 spiro atoms. The molecule has 0 aliphatic carbocycles. The molecule has 8 heteroatoms. The number of ether oxygens (including phenoxy) is 1. The smallest absolute Gasteiger partial charge is 0.241 e. The lowest BCUT2D eigenvalue weighted by molar-refractivity contribution is 0.171. The van der Waals surface area contributed by atoms with Crippen LogP contribution in [0.2, 0.25) is 0 Å². The van der Waals surface area contributed by atoms with E-state index in [4.69, 9.17) is 22.7 Å². The molecular formula is C13H19FN2O3S2. The predicted molar refractivity (Wildman–Crippen MR) is 83.2 cm³/mol. The van der Waals surface area contributed by atoms with Gasteiger partial charge in [0.25, 0.3) is 0 Å². The third-order valence-corrected chi connectivity index (χ3v) is 4.61. The van der Waals surface area contributed by atoms with E-state index in [1.807, 2.05) is 6.92 Å². The number of rotatable bonds is 8. The highest BCUT2D eigenvalue weighted by Gasteiger charge is 2.25. The quantitative estimate of drug-likeness (QED) is 0.705. The Morgan fingerprint density at radius 1 is 1.52 bits per heavy atom. The first-order valence-corrected chi connectivity index (χ1v) is 8.32. The lowest BCUT2D eigenvalue weighted by Crippen LogP contribution is -2.38. The molecule has 1 rings (SSSR count). The monoisotopic (exact) mass is 334 g/mol. The Morgan fingerprint density at radius 2 is 2.19 bits per heavy atom. The summed E-state index contributed by atoms with van der Waals surface area (Å²) in [5.74, 6) is -0.760. The number of methoxy groups -OCH3 is 1. The second-order valence-electron chi connectivity index (χ2n) is 4.54. The molecule has 3 N–H and O–H groups in total. The Bertz CT molecular complexity index is 599. The van der Waals surface area contributed by atoms with Crippen molar-refractivity contribution in [2.75, 3.05) is 13.7 Å². The van der Waals surface area contributed by atoms with Gasteiger partial charge in [0.2, 0.25) is 10.0 Å². The van der Waals surface area contributed by atoms with Crippen molar-refractivity contribution in [3.05, 3.63) is 29.6 Å². The van der Waals surface area contributed by atoms with E-state index in [-0.39, 0.29) is 22.1 Å². The van der Waals surface area contributed by atoms with Gasteiger partial charge in [-0.2, -0.15) is 0 Å². The van der Waals surface area contributed by atoms with Crippen LogP contribution >= 0.6 is 12.2 Å². The number of nitrogens with one attached hydrogen (secondary N) is 1. The number of hydrogen-bond donors (Lipinski definition) is 2. The summed E-state index contributed by atoms with van der Waals surface area (Å²) in [5, 5.41) is 0. The average molecular weight is 334 g/mol. The van der Waals surface area contributed by atoms with Crippen molar-refractivity contribution < 1.29 is 17.5 Å². The summed E-state index contributed by atoms with van der Waals surface area (Å²) in [4.78, 5) is -0.556. The van der Waals surface area contributed by atoms with Gasteiger partial charge in [0, 0.05) is 13.2 Å². The first-order chi connectivity index (χ1) is 9.83. The lowest BCUT2D eigenvalue weighted by Gasteiger charge is -2.18. The van der Waals surface area contributed by atoms with Crippen LogP contribution in [0.1, 0.15) is 25.3 Å². The fourth-order valence-electron chi connectivity index (χ4n) is 1.98. The minimum atomic E-state index is -3.94. The van der Waals surface area contributed by atoms with Crippen LogP contribution < -0.4 is 10.5 Å². The number of nitrogens with two attached hydrogens (primary N) is 1. The summed E-state index contributed by atoms with van der Waals surface area (Å²) in [6.45, 7) is 2.16. The van der Waals surface area contributed by atoms with Gasteiger partial charge in [0.1, 0.15) is 10.8 Å². The number of thiocarbonyl (C=S) groups is 1. The van der Waals surface area contributed by atoms with Crippen LogP contribution in [-0.2, 0) is 14.8 Å². The van der Waals surface area contributed by atoms with Crippen molar-refractivity contribution in [1.29, 1.82) is 0 Å². The molecule has 0 amide bonds. The highest BCUT2D eigenvalue weighted by molar-refractivity contribution is 7.89. The topological polar surface area (TPSA) is 81.4 Å². The minimum absolute atomic E-state index is 0.227. The van der Waals surface area contributed by atoms with Crippen LogP contribution in [-0.4, -0.2) is 33.2 Å². The Hall–Kier alpha value is -1.09. The predicted octanol–water partition coefficient (Wildman–Crippen LogP) is 1.55. The van der Waals surface area contributed by atoms with Gasteiger partial charge in [0.05, 0.1) is 17.1 Å². The fraction of sp³-hybridized carbons (Fsp3) is 0.462. The van der Waals surface area contributed by atoms with E-state index in [2.05, 4.69) is 4.72 Å². The molecule has 21 heavy (non-hydrogen) atoms. The maximum atomic E-state index is 13.8. The summed E-state index contributed by atoms with van der Waals surface area (Å²) in [6.07, 6.45) is 1.38. The van der Waals surface area contributed by atoms with E-state index in [1.165, 1.54) is 19.2 Å². The molecule has 1 atom stereocenters. The van der Waals surface area contributed by atoms with E-state index in [0.717, 1.165) is 12.5 Å². The zero-order valence-corrected chi connectivity index (χ0v) is 13.6. The normalized spacial score (nSPS) is 13.1. The fourth-order valence-corrected chi connectivity index (χ4v) is 3.73. The average Bonchev–Trinajstić information content (AvgIpc) is 2.38. The van der Waals surface area contributed by atoms with E-state index in [1.54, 1.807) is 0 Å². The Labute approximate surface area is 129 Å². The second kappa shape index (κ2) is 7.79. The molecule has 0 bridgehead atoms. The van der Waals surface area contributed by atoms with E-state index >= 15 is 0 Å². The molecule has 0 saturated carbocycles. The summed E-state index contributed by atoms with van der Waals surface area (Å²) in [7, 11) is -2.45. The largest absolute Gasteiger partial charge is 0.389 e. The summed E-state index contributed by atoms with van der Waals surface area (Å²) >= 11 is 4.74. The molecule has 1 aromatic rings. The maximum absolute atomic E-state index is 13.8. The molecule has 0 aliphatic rings. The van der Waals surface area contributed by atoms with Gasteiger partial charge in [0.15, 0.2) is 0 Å². The van der Waals surface area contributed by atoms with Gasteiger partial charge in [-0.3, -0.25) is 0 Å². The van der Waals surface area contributed by atoms with Crippen molar-refractivity contribution in [1.82, 2.24) is 4.72 Å². The first kappa shape index (κ1) is 18.0. The molecular weight excluding hydrogens is 315 g/mol. The first-order valence-electron chi connectivity index (χ1n) is 6.43. The highest BCUT2D eigenvalue weighted by Crippen LogP contribution is 2.19. The molecule has 0 saturated heterocycles. The third-order valence-electron chi connectivity index (χ3n) is 2.84. The maximum Gasteiger partial charge on any atom is 0.241 e. The molecule has 0 fully saturated rings. The summed E-state index contributed by atoms with van der Waals surface area (Å²) < 4.78 is 46.1. The van der Waals surface area contributed by atoms with Crippen LogP contribution in [0.25, 0.3) is 0 Å². The van der Waals surface area contributed by atoms with E-state index < -0.39 is 21.9 Å². The SMILES string of the molecule is CCCC(COC)NS(=O)(=O)c1cccc(F)c1C(N)=S. The number of benzene rings is 1. The number of hydrogen-bond acceptors (Lipinski definition) is 4. The van der Waals surface area contributed by atoms with Crippen LogP contribution in [0.3, 0.4) is 0 Å². The second-order valence-corrected chi connectivity index (χ2v) is 6.66. The third kappa shape index (κ3) is 4.70. The van der Waals surface area contributed by atoms with Crippen molar-refractivity contribution in [2.45, 2.75) is 30.7 Å². The van der Waals surface area contributed by atoms with Gasteiger partial charge >= 0.3 is 0 Å². The molecule has 0 radical (unpaired) electrons. The molecule has 1 unspecified atom stereocenters. The summed E-state index contributed by atoms with van der Waals surface area (Å²) in [6, 6.07) is 3.30. The van der Waals surface area contributed by atoms with Crippen LogP contribution in [0.4, 0.5) is 4.39 Å². The van der Waals surface area contributed by atoms with Crippen molar-refractivity contribution in [3.8, 4) is 0 Å². The molecule has 0 aliphatic heterocycles. The van der Waals surface area contributed by atoms with E-state index in [0.29, 0.717) is 6.42 Å². The molecule has 1 aromatic carbocycles.